The molecule has 3 aromatic carbocycles. The van der Waals surface area contributed by atoms with Crippen molar-refractivity contribution in [3.8, 4) is 16.9 Å². The van der Waals surface area contributed by atoms with Gasteiger partial charge in [-0.3, -0.25) is 19.3 Å². The standard InChI is InChI=1S/C32H31N5O9/c1-45-26-11-10-18(30(41)42)14-25(26)36-13-12-28(39)37(32(36)44)17-34-29(40)24(15-27(33)38)35-31(43)46-16-23-21-8-4-2-6-19(21)20-7-3-5-9-22(20)23/h2-11,14,23-24H,12-13,15-17H2,1H3,(H2,33,38)(H,34,40)(H,35,43)(H,41,42)/t24-/m0/s1. The average molecular weight is 630 g/mol. The number of carboxylic acid groups (broad SMARTS) is 1. The van der Waals surface area contributed by atoms with Gasteiger partial charge in [-0.15, -0.1) is 0 Å². The largest absolute Gasteiger partial charge is 0.495 e. The Morgan fingerprint density at radius 1 is 1.00 bits per heavy atom. The van der Waals surface area contributed by atoms with Crippen LogP contribution >= 0.6 is 0 Å². The van der Waals surface area contributed by atoms with Crippen LogP contribution in [0.5, 0.6) is 5.75 Å². The van der Waals surface area contributed by atoms with Crippen molar-refractivity contribution in [3.63, 3.8) is 0 Å². The highest BCUT2D eigenvalue weighted by atomic mass is 16.5. The molecular formula is C32H31N5O9. The van der Waals surface area contributed by atoms with Crippen LogP contribution in [-0.2, 0) is 19.1 Å². The highest BCUT2D eigenvalue weighted by Crippen LogP contribution is 2.44. The lowest BCUT2D eigenvalue weighted by atomic mass is 9.98. The van der Waals surface area contributed by atoms with Gasteiger partial charge in [0.2, 0.25) is 17.7 Å². The summed E-state index contributed by atoms with van der Waals surface area (Å²) in [6.45, 7) is -0.700. The Hall–Kier alpha value is -5.92. The van der Waals surface area contributed by atoms with Gasteiger partial charge >= 0.3 is 18.1 Å². The first-order valence-corrected chi connectivity index (χ1v) is 14.3. The molecule has 5 rings (SSSR count). The second-order valence-electron chi connectivity index (χ2n) is 10.6. The van der Waals surface area contributed by atoms with Gasteiger partial charge in [-0.1, -0.05) is 48.5 Å². The van der Waals surface area contributed by atoms with Crippen molar-refractivity contribution in [2.45, 2.75) is 24.8 Å². The van der Waals surface area contributed by atoms with Gasteiger partial charge in [-0.05, 0) is 40.5 Å². The van der Waals surface area contributed by atoms with Crippen LogP contribution in [0.25, 0.3) is 11.1 Å². The number of benzene rings is 3. The van der Waals surface area contributed by atoms with E-state index in [-0.39, 0.29) is 42.5 Å². The summed E-state index contributed by atoms with van der Waals surface area (Å²) in [6.07, 6.45) is -1.68. The second-order valence-corrected chi connectivity index (χ2v) is 10.6. The molecule has 3 aromatic rings. The van der Waals surface area contributed by atoms with Crippen molar-refractivity contribution in [1.82, 2.24) is 15.5 Å². The molecule has 1 atom stereocenters. The molecule has 0 spiro atoms. The maximum absolute atomic E-state index is 13.3. The number of nitrogens with zero attached hydrogens (tertiary/aromatic N) is 2. The van der Waals surface area contributed by atoms with E-state index in [2.05, 4.69) is 10.6 Å². The molecule has 0 aromatic heterocycles. The highest BCUT2D eigenvalue weighted by Gasteiger charge is 2.36. The van der Waals surface area contributed by atoms with E-state index in [0.29, 0.717) is 0 Å². The molecule has 0 saturated carbocycles. The minimum Gasteiger partial charge on any atom is -0.495 e. The number of imide groups is 1. The number of fused-ring (bicyclic) bond motifs is 3. The van der Waals surface area contributed by atoms with Crippen molar-refractivity contribution in [2.24, 2.45) is 5.73 Å². The van der Waals surface area contributed by atoms with Gasteiger partial charge in [0.1, 0.15) is 25.1 Å². The van der Waals surface area contributed by atoms with Crippen LogP contribution in [0.15, 0.2) is 66.7 Å². The van der Waals surface area contributed by atoms with Gasteiger partial charge in [0, 0.05) is 18.9 Å². The number of nitrogens with two attached hydrogens (primary N) is 1. The lowest BCUT2D eigenvalue weighted by Gasteiger charge is -2.35. The van der Waals surface area contributed by atoms with Crippen molar-refractivity contribution in [3.05, 3.63) is 83.4 Å². The number of alkyl carbamates (subject to hydrolysis) is 1. The number of amides is 6. The van der Waals surface area contributed by atoms with Gasteiger partial charge in [-0.25, -0.2) is 19.3 Å². The lowest BCUT2D eigenvalue weighted by Crippen LogP contribution is -2.57. The molecule has 2 aliphatic rings. The molecule has 1 aliphatic heterocycles. The Kier molecular flexibility index (Phi) is 9.16. The number of carboxylic acids is 1. The maximum atomic E-state index is 13.3. The number of nitrogens with one attached hydrogen (secondary N) is 2. The topological polar surface area (TPSA) is 198 Å². The quantitative estimate of drug-likeness (QED) is 0.246. The molecule has 1 aliphatic carbocycles. The van der Waals surface area contributed by atoms with Crippen molar-refractivity contribution < 1.29 is 43.3 Å². The first-order valence-electron chi connectivity index (χ1n) is 14.3. The molecule has 0 bridgehead atoms. The summed E-state index contributed by atoms with van der Waals surface area (Å²) in [6, 6.07) is 17.2. The molecule has 1 fully saturated rings. The average Bonchev–Trinajstić information content (AvgIpc) is 3.36. The normalized spacial score (nSPS) is 14.6. The predicted molar refractivity (Wildman–Crippen MR) is 163 cm³/mol. The number of carbonyl (C=O) groups is 6. The third-order valence-corrected chi connectivity index (χ3v) is 7.80. The number of ether oxygens (including phenoxy) is 2. The van der Waals surface area contributed by atoms with E-state index < -0.39 is 54.9 Å². The molecule has 5 N–H and O–H groups in total. The molecule has 238 valence electrons. The van der Waals surface area contributed by atoms with Gasteiger partial charge < -0.3 is 30.9 Å². The summed E-state index contributed by atoms with van der Waals surface area (Å²) >= 11 is 0. The highest BCUT2D eigenvalue weighted by molar-refractivity contribution is 6.07. The number of primary amides is 1. The van der Waals surface area contributed by atoms with E-state index in [1.54, 1.807) is 0 Å². The van der Waals surface area contributed by atoms with Crippen LogP contribution in [0.2, 0.25) is 0 Å². The molecule has 46 heavy (non-hydrogen) atoms. The zero-order valence-corrected chi connectivity index (χ0v) is 24.7. The molecule has 1 saturated heterocycles. The first kappa shape index (κ1) is 31.5. The minimum atomic E-state index is -1.47. The molecule has 0 unspecified atom stereocenters. The zero-order chi connectivity index (χ0) is 33.0. The Balaban J connectivity index is 1.23. The SMILES string of the molecule is COc1ccc(C(=O)O)cc1N1CCC(=O)N(CNC(=O)[C@H](CC(N)=O)NC(=O)OCC2c3ccccc3-c3ccccc32)C1=O. The van der Waals surface area contributed by atoms with Crippen molar-refractivity contribution >= 4 is 41.5 Å². The fourth-order valence-corrected chi connectivity index (χ4v) is 5.58. The van der Waals surface area contributed by atoms with Gasteiger partial charge in [0.25, 0.3) is 0 Å². The van der Waals surface area contributed by atoms with E-state index in [9.17, 15) is 33.9 Å². The summed E-state index contributed by atoms with van der Waals surface area (Å²) < 4.78 is 10.8. The van der Waals surface area contributed by atoms with E-state index in [1.807, 2.05) is 48.5 Å². The van der Waals surface area contributed by atoms with E-state index in [0.717, 1.165) is 32.1 Å². The summed E-state index contributed by atoms with van der Waals surface area (Å²) in [4.78, 5) is 77.1. The van der Waals surface area contributed by atoms with Crippen LogP contribution in [0, 0.1) is 0 Å². The number of anilines is 1. The zero-order valence-electron chi connectivity index (χ0n) is 24.7. The molecule has 1 heterocycles. The number of carbonyl (C=O) groups excluding carboxylic acids is 5. The Labute approximate surface area is 263 Å². The second kappa shape index (κ2) is 13.4. The number of methoxy groups -OCH3 is 1. The monoisotopic (exact) mass is 629 g/mol. The smallest absolute Gasteiger partial charge is 0.407 e. The third-order valence-electron chi connectivity index (χ3n) is 7.80. The van der Waals surface area contributed by atoms with Crippen molar-refractivity contribution in [1.29, 1.82) is 0 Å². The van der Waals surface area contributed by atoms with E-state index in [1.165, 1.54) is 25.3 Å². The summed E-state index contributed by atoms with van der Waals surface area (Å²) in [5.74, 6) is -3.65. The van der Waals surface area contributed by atoms with Crippen molar-refractivity contribution in [2.75, 3.05) is 31.8 Å². The lowest BCUT2D eigenvalue weighted by molar-refractivity contribution is -0.131. The minimum absolute atomic E-state index is 0.0378. The summed E-state index contributed by atoms with van der Waals surface area (Å²) in [5, 5.41) is 14.1. The van der Waals surface area contributed by atoms with Crippen LogP contribution in [0.4, 0.5) is 15.3 Å². The fraction of sp³-hybridized carbons (Fsp3) is 0.250. The Morgan fingerprint density at radius 2 is 1.65 bits per heavy atom. The van der Waals surface area contributed by atoms with Crippen LogP contribution in [0.1, 0.15) is 40.2 Å². The van der Waals surface area contributed by atoms with Crippen LogP contribution < -0.4 is 26.0 Å². The number of hydrogen-bond donors (Lipinski definition) is 4. The van der Waals surface area contributed by atoms with E-state index in [4.69, 9.17) is 15.2 Å². The number of aromatic carboxylic acids is 1. The maximum Gasteiger partial charge on any atom is 0.407 e. The first-order chi connectivity index (χ1) is 22.1. The van der Waals surface area contributed by atoms with Gasteiger partial charge in [0.05, 0.1) is 24.8 Å². The number of rotatable bonds is 11. The van der Waals surface area contributed by atoms with E-state index >= 15 is 0 Å². The molecular weight excluding hydrogens is 598 g/mol. The number of hydrogen-bond acceptors (Lipinski definition) is 8. The van der Waals surface area contributed by atoms with Gasteiger partial charge in [-0.2, -0.15) is 0 Å². The Morgan fingerprint density at radius 3 is 2.26 bits per heavy atom. The molecule has 14 heteroatoms. The van der Waals surface area contributed by atoms with Crippen LogP contribution in [0.3, 0.4) is 0 Å². The summed E-state index contributed by atoms with van der Waals surface area (Å²) in [5.41, 5.74) is 9.39. The summed E-state index contributed by atoms with van der Waals surface area (Å²) in [7, 11) is 1.35. The van der Waals surface area contributed by atoms with Gasteiger partial charge in [0.15, 0.2) is 0 Å². The molecule has 6 amide bonds. The molecule has 0 radical (unpaired) electrons. The fourth-order valence-electron chi connectivity index (χ4n) is 5.58. The third kappa shape index (κ3) is 6.45. The Bertz CT molecular complexity index is 1680. The predicted octanol–water partition coefficient (Wildman–Crippen LogP) is 2.41. The number of urea groups is 1. The van der Waals surface area contributed by atoms with Crippen LogP contribution in [-0.4, -0.2) is 78.8 Å². The molecule has 14 nitrogen and oxygen atoms in total.